The van der Waals surface area contributed by atoms with E-state index < -0.39 is 10.7 Å². The lowest BCUT2D eigenvalue weighted by Crippen LogP contribution is -2.31. The van der Waals surface area contributed by atoms with E-state index in [1.165, 1.54) is 26.0 Å². The quantitative estimate of drug-likeness (QED) is 0.223. The number of hydrogen-bond donors (Lipinski definition) is 2. The second kappa shape index (κ2) is 12.1. The number of phenols is 1. The number of aromatic hydroxyl groups is 1. The molecule has 1 amide bonds. The third-order valence-corrected chi connectivity index (χ3v) is 4.32. The Hall–Kier alpha value is -4.06. The van der Waals surface area contributed by atoms with Crippen LogP contribution in [0, 0.1) is 10.1 Å². The van der Waals surface area contributed by atoms with Gasteiger partial charge in [0.2, 0.25) is 5.91 Å². The van der Waals surface area contributed by atoms with Crippen molar-refractivity contribution in [1.29, 1.82) is 0 Å². The Morgan fingerprint density at radius 2 is 1.76 bits per heavy atom. The predicted octanol–water partition coefficient (Wildman–Crippen LogP) is 3.69. The van der Waals surface area contributed by atoms with Crippen LogP contribution in [0.3, 0.4) is 0 Å². The van der Waals surface area contributed by atoms with Crippen LogP contribution in [0.25, 0.3) is 0 Å². The summed E-state index contributed by atoms with van der Waals surface area (Å²) in [6.45, 7) is 4.19. The van der Waals surface area contributed by atoms with Gasteiger partial charge in [0, 0.05) is 39.3 Å². The lowest BCUT2D eigenvalue weighted by molar-refractivity contribution is -0.384. The van der Waals surface area contributed by atoms with Crippen molar-refractivity contribution in [3.8, 4) is 5.75 Å². The fourth-order valence-electron chi connectivity index (χ4n) is 2.79. The number of nitrogens with one attached hydrogen (secondary N) is 1. The van der Waals surface area contributed by atoms with Crippen LogP contribution in [0.5, 0.6) is 5.75 Å². The van der Waals surface area contributed by atoms with Gasteiger partial charge in [-0.25, -0.2) is 0 Å². The molecule has 0 aliphatic rings. The van der Waals surface area contributed by atoms with E-state index in [0.29, 0.717) is 31.1 Å². The molecule has 0 spiro atoms. The summed E-state index contributed by atoms with van der Waals surface area (Å²) in [7, 11) is 1.57. The first kappa shape index (κ1) is 25.2. The summed E-state index contributed by atoms with van der Waals surface area (Å²) in [5.41, 5.74) is 1.14. The zero-order chi connectivity index (χ0) is 24.4. The molecule has 0 atom stereocenters. The van der Waals surface area contributed by atoms with Crippen LogP contribution in [0.4, 0.5) is 28.4 Å². The Morgan fingerprint density at radius 3 is 2.36 bits per heavy atom. The van der Waals surface area contributed by atoms with Crippen molar-refractivity contribution >= 4 is 40.3 Å². The average Bonchev–Trinajstić information content (AvgIpc) is 2.75. The minimum atomic E-state index is -0.634. The van der Waals surface area contributed by atoms with Crippen molar-refractivity contribution in [3.63, 3.8) is 0 Å². The minimum absolute atomic E-state index is 0.0292. The van der Waals surface area contributed by atoms with E-state index in [4.69, 9.17) is 9.47 Å². The Kier molecular flexibility index (Phi) is 9.24. The highest BCUT2D eigenvalue weighted by atomic mass is 16.6. The zero-order valence-electron chi connectivity index (χ0n) is 18.5. The molecule has 0 aliphatic heterocycles. The van der Waals surface area contributed by atoms with Crippen molar-refractivity contribution < 1.29 is 29.1 Å². The highest BCUT2D eigenvalue weighted by molar-refractivity contribution is 5.93. The van der Waals surface area contributed by atoms with Gasteiger partial charge in [-0.05, 0) is 24.3 Å². The standard InChI is InChI=1S/C21H25N5O7/c1-14(27)22-20-12-16(25(8-10-32-3)9-11-33-15(2)28)4-6-18(20)23-24-19-7-5-17(26(30)31)13-21(19)29/h4-7,12-13,29H,8-11H2,1-3H3,(H,22,27). The molecule has 0 heterocycles. The Balaban J connectivity index is 2.33. The van der Waals surface area contributed by atoms with E-state index in [2.05, 4.69) is 15.5 Å². The number of nitro benzene ring substituents is 1. The summed E-state index contributed by atoms with van der Waals surface area (Å²) < 4.78 is 10.2. The van der Waals surface area contributed by atoms with Gasteiger partial charge in [0.25, 0.3) is 5.69 Å². The molecule has 33 heavy (non-hydrogen) atoms. The minimum Gasteiger partial charge on any atom is -0.505 e. The number of non-ortho nitro benzene ring substituents is 1. The highest BCUT2D eigenvalue weighted by Crippen LogP contribution is 2.35. The van der Waals surface area contributed by atoms with Gasteiger partial charge in [-0.15, -0.1) is 10.2 Å². The van der Waals surface area contributed by atoms with Gasteiger partial charge in [-0.3, -0.25) is 19.7 Å². The van der Waals surface area contributed by atoms with Crippen LogP contribution in [0.1, 0.15) is 13.8 Å². The largest absolute Gasteiger partial charge is 0.505 e. The third kappa shape index (κ3) is 7.85. The molecular weight excluding hydrogens is 434 g/mol. The van der Waals surface area contributed by atoms with E-state index in [1.807, 2.05) is 4.90 Å². The molecule has 2 aromatic rings. The van der Waals surface area contributed by atoms with Crippen LogP contribution < -0.4 is 10.2 Å². The molecule has 0 fully saturated rings. The third-order valence-electron chi connectivity index (χ3n) is 4.32. The molecule has 2 rings (SSSR count). The molecule has 0 saturated heterocycles. The molecule has 0 unspecified atom stereocenters. The molecule has 176 valence electrons. The van der Waals surface area contributed by atoms with Crippen LogP contribution in [0.2, 0.25) is 0 Å². The van der Waals surface area contributed by atoms with E-state index in [0.717, 1.165) is 11.8 Å². The number of methoxy groups -OCH3 is 1. The molecule has 2 N–H and O–H groups in total. The zero-order valence-corrected chi connectivity index (χ0v) is 18.5. The summed E-state index contributed by atoms with van der Waals surface area (Å²) in [6.07, 6.45) is 0. The van der Waals surface area contributed by atoms with Crippen LogP contribution >= 0.6 is 0 Å². The van der Waals surface area contributed by atoms with Gasteiger partial charge in [-0.1, -0.05) is 0 Å². The van der Waals surface area contributed by atoms with Crippen molar-refractivity contribution in [2.75, 3.05) is 43.6 Å². The van der Waals surface area contributed by atoms with Gasteiger partial charge in [0.05, 0.1) is 29.8 Å². The fourth-order valence-corrected chi connectivity index (χ4v) is 2.79. The first-order valence-corrected chi connectivity index (χ1v) is 9.89. The average molecular weight is 459 g/mol. The molecule has 0 saturated carbocycles. The fraction of sp³-hybridized carbons (Fsp3) is 0.333. The number of ether oxygens (including phenoxy) is 2. The molecule has 0 bridgehead atoms. The molecule has 0 aromatic heterocycles. The van der Waals surface area contributed by atoms with Crippen LogP contribution in [0.15, 0.2) is 46.6 Å². The Labute approximate surface area is 190 Å². The summed E-state index contributed by atoms with van der Waals surface area (Å²) in [5, 5.41) is 31.5. The second-order valence-corrected chi connectivity index (χ2v) is 6.83. The molecule has 2 aromatic carbocycles. The summed E-state index contributed by atoms with van der Waals surface area (Å²) >= 11 is 0. The monoisotopic (exact) mass is 459 g/mol. The number of phenolic OH excluding ortho intramolecular Hbond substituents is 1. The summed E-state index contributed by atoms with van der Waals surface area (Å²) in [5.74, 6) is -1.11. The van der Waals surface area contributed by atoms with Gasteiger partial charge < -0.3 is 24.8 Å². The maximum Gasteiger partial charge on any atom is 0.302 e. The van der Waals surface area contributed by atoms with Gasteiger partial charge >= 0.3 is 5.97 Å². The number of esters is 1. The van der Waals surface area contributed by atoms with E-state index >= 15 is 0 Å². The molecular formula is C21H25N5O7. The number of hydrogen-bond acceptors (Lipinski definition) is 10. The van der Waals surface area contributed by atoms with Crippen molar-refractivity contribution in [2.45, 2.75) is 13.8 Å². The maximum atomic E-state index is 11.7. The van der Waals surface area contributed by atoms with Crippen molar-refractivity contribution in [3.05, 3.63) is 46.5 Å². The number of rotatable bonds is 11. The van der Waals surface area contributed by atoms with Crippen LogP contribution in [-0.2, 0) is 19.1 Å². The maximum absolute atomic E-state index is 11.7. The smallest absolute Gasteiger partial charge is 0.302 e. The van der Waals surface area contributed by atoms with Gasteiger partial charge in [0.15, 0.2) is 0 Å². The van der Waals surface area contributed by atoms with Crippen LogP contribution in [-0.4, -0.2) is 55.3 Å². The molecule has 0 aliphatic carbocycles. The predicted molar refractivity (Wildman–Crippen MR) is 120 cm³/mol. The molecule has 12 heteroatoms. The topological polar surface area (TPSA) is 156 Å². The normalized spacial score (nSPS) is 10.8. The summed E-state index contributed by atoms with van der Waals surface area (Å²) in [4.78, 5) is 34.9. The lowest BCUT2D eigenvalue weighted by Gasteiger charge is -2.25. The first-order valence-electron chi connectivity index (χ1n) is 9.89. The number of anilines is 2. The first-order chi connectivity index (χ1) is 15.7. The van der Waals surface area contributed by atoms with E-state index in [9.17, 15) is 24.8 Å². The lowest BCUT2D eigenvalue weighted by atomic mass is 10.2. The number of amides is 1. The van der Waals surface area contributed by atoms with Crippen molar-refractivity contribution in [2.24, 2.45) is 10.2 Å². The van der Waals surface area contributed by atoms with Gasteiger partial charge in [-0.2, -0.15) is 0 Å². The van der Waals surface area contributed by atoms with Gasteiger partial charge in [0.1, 0.15) is 23.7 Å². The SMILES string of the molecule is COCCN(CCOC(C)=O)c1ccc(N=Nc2ccc([N+](=O)[O-])cc2O)c(NC(C)=O)c1. The number of nitrogens with zero attached hydrogens (tertiary/aromatic N) is 4. The molecule has 0 radical (unpaired) electrons. The number of benzene rings is 2. The number of nitro groups is 1. The Bertz CT molecular complexity index is 1040. The molecule has 12 nitrogen and oxygen atoms in total. The van der Waals surface area contributed by atoms with Crippen molar-refractivity contribution in [1.82, 2.24) is 0 Å². The highest BCUT2D eigenvalue weighted by Gasteiger charge is 2.13. The summed E-state index contributed by atoms with van der Waals surface area (Å²) in [6, 6.07) is 8.50. The second-order valence-electron chi connectivity index (χ2n) is 6.83. The number of carbonyl (C=O) groups is 2. The Morgan fingerprint density at radius 1 is 1.09 bits per heavy atom. The van der Waals surface area contributed by atoms with E-state index in [1.54, 1.807) is 25.3 Å². The number of azo groups is 1. The number of carbonyl (C=O) groups excluding carboxylic acids is 2. The van der Waals surface area contributed by atoms with E-state index in [-0.39, 0.29) is 29.9 Å².